The number of amides is 2. The zero-order valence-electron chi connectivity index (χ0n) is 13.9. The van der Waals surface area contributed by atoms with Crippen LogP contribution in [0.3, 0.4) is 0 Å². The summed E-state index contributed by atoms with van der Waals surface area (Å²) >= 11 is 0. The summed E-state index contributed by atoms with van der Waals surface area (Å²) in [5.41, 5.74) is 0. The summed E-state index contributed by atoms with van der Waals surface area (Å²) in [5.74, 6) is 0.686. The molecule has 22 heavy (non-hydrogen) atoms. The van der Waals surface area contributed by atoms with Gasteiger partial charge in [-0.3, -0.25) is 4.90 Å². The first-order valence-corrected chi connectivity index (χ1v) is 8.66. The predicted octanol–water partition coefficient (Wildman–Crippen LogP) is 2.14. The van der Waals surface area contributed by atoms with E-state index in [2.05, 4.69) is 29.0 Å². The van der Waals surface area contributed by atoms with Crippen LogP contribution in [-0.2, 0) is 4.74 Å². The number of urea groups is 1. The SMILES string of the molecule is C=CCN1CCC(NC(=O)NCCC2CCOC(C)C2)CC1. The Morgan fingerprint density at radius 1 is 1.36 bits per heavy atom. The van der Waals surface area contributed by atoms with Crippen molar-refractivity contribution in [2.24, 2.45) is 5.92 Å². The lowest BCUT2D eigenvalue weighted by molar-refractivity contribution is 0.00116. The van der Waals surface area contributed by atoms with Gasteiger partial charge in [-0.1, -0.05) is 6.08 Å². The summed E-state index contributed by atoms with van der Waals surface area (Å²) in [6, 6.07) is 0.298. The molecule has 0 saturated carbocycles. The van der Waals surface area contributed by atoms with E-state index in [0.717, 1.165) is 64.9 Å². The number of carbonyl (C=O) groups excluding carboxylic acids is 1. The van der Waals surface area contributed by atoms with Gasteiger partial charge in [-0.2, -0.15) is 0 Å². The van der Waals surface area contributed by atoms with E-state index in [1.54, 1.807) is 0 Å². The lowest BCUT2D eigenvalue weighted by atomic mass is 9.93. The third-order valence-electron chi connectivity index (χ3n) is 4.74. The van der Waals surface area contributed by atoms with Crippen LogP contribution >= 0.6 is 0 Å². The Morgan fingerprint density at radius 3 is 2.82 bits per heavy atom. The van der Waals surface area contributed by atoms with Gasteiger partial charge in [0.1, 0.15) is 0 Å². The van der Waals surface area contributed by atoms with Gasteiger partial charge in [0.05, 0.1) is 6.10 Å². The lowest BCUT2D eigenvalue weighted by Gasteiger charge is -2.31. The summed E-state index contributed by atoms with van der Waals surface area (Å²) in [6.45, 7) is 10.5. The molecule has 2 aliphatic rings. The molecule has 0 aliphatic carbocycles. The molecule has 0 radical (unpaired) electrons. The lowest BCUT2D eigenvalue weighted by Crippen LogP contribution is -2.48. The first-order chi connectivity index (χ1) is 10.7. The van der Waals surface area contributed by atoms with E-state index in [9.17, 15) is 4.79 Å². The van der Waals surface area contributed by atoms with Gasteiger partial charge in [0, 0.05) is 38.8 Å². The molecule has 0 spiro atoms. The third-order valence-corrected chi connectivity index (χ3v) is 4.74. The van der Waals surface area contributed by atoms with Gasteiger partial charge < -0.3 is 15.4 Å². The molecule has 2 unspecified atom stereocenters. The Balaban J connectivity index is 1.55. The molecule has 5 nitrogen and oxygen atoms in total. The number of nitrogens with zero attached hydrogens (tertiary/aromatic N) is 1. The van der Waals surface area contributed by atoms with Gasteiger partial charge in [-0.05, 0) is 44.9 Å². The highest BCUT2D eigenvalue weighted by atomic mass is 16.5. The standard InChI is InChI=1S/C17H31N3O2/c1-3-9-20-10-5-16(6-11-20)19-17(21)18-8-4-15-7-12-22-14(2)13-15/h3,14-16H,1,4-13H2,2H3,(H2,18,19,21). The molecular weight excluding hydrogens is 278 g/mol. The van der Waals surface area contributed by atoms with E-state index in [1.807, 2.05) is 6.08 Å². The molecule has 2 heterocycles. The van der Waals surface area contributed by atoms with Gasteiger partial charge in [0.25, 0.3) is 0 Å². The highest BCUT2D eigenvalue weighted by Gasteiger charge is 2.21. The highest BCUT2D eigenvalue weighted by Crippen LogP contribution is 2.22. The quantitative estimate of drug-likeness (QED) is 0.739. The van der Waals surface area contributed by atoms with E-state index in [4.69, 9.17) is 4.74 Å². The maximum atomic E-state index is 11.9. The van der Waals surface area contributed by atoms with Gasteiger partial charge >= 0.3 is 6.03 Å². The molecule has 0 bridgehead atoms. The molecule has 2 saturated heterocycles. The van der Waals surface area contributed by atoms with Crippen molar-refractivity contribution < 1.29 is 9.53 Å². The van der Waals surface area contributed by atoms with Crippen molar-refractivity contribution in [1.29, 1.82) is 0 Å². The molecule has 2 rings (SSSR count). The Labute approximate surface area is 134 Å². The van der Waals surface area contributed by atoms with E-state index in [0.29, 0.717) is 18.1 Å². The van der Waals surface area contributed by atoms with Crippen molar-refractivity contribution in [3.05, 3.63) is 12.7 Å². The summed E-state index contributed by atoms with van der Waals surface area (Å²) in [5, 5.41) is 6.11. The number of nitrogens with one attached hydrogen (secondary N) is 2. The molecule has 2 atom stereocenters. The van der Waals surface area contributed by atoms with Gasteiger partial charge in [0.15, 0.2) is 0 Å². The molecule has 0 aromatic rings. The molecule has 0 aromatic carbocycles. The Morgan fingerprint density at radius 2 is 2.14 bits per heavy atom. The van der Waals surface area contributed by atoms with Crippen LogP contribution in [0.5, 0.6) is 0 Å². The molecule has 126 valence electrons. The van der Waals surface area contributed by atoms with Crippen LogP contribution in [0.25, 0.3) is 0 Å². The predicted molar refractivity (Wildman–Crippen MR) is 88.9 cm³/mol. The van der Waals surface area contributed by atoms with Gasteiger partial charge in [0.2, 0.25) is 0 Å². The monoisotopic (exact) mass is 309 g/mol. The van der Waals surface area contributed by atoms with Gasteiger partial charge in [-0.25, -0.2) is 4.79 Å². The van der Waals surface area contributed by atoms with Crippen LogP contribution in [-0.4, -0.2) is 55.9 Å². The number of carbonyl (C=O) groups is 1. The Bertz CT molecular complexity index is 354. The van der Waals surface area contributed by atoms with Crippen LogP contribution in [0, 0.1) is 5.92 Å². The van der Waals surface area contributed by atoms with Crippen molar-refractivity contribution in [3.63, 3.8) is 0 Å². The van der Waals surface area contributed by atoms with Crippen molar-refractivity contribution >= 4 is 6.03 Å². The molecule has 2 amide bonds. The van der Waals surface area contributed by atoms with Crippen LogP contribution < -0.4 is 10.6 Å². The topological polar surface area (TPSA) is 53.6 Å². The molecule has 2 fully saturated rings. The minimum Gasteiger partial charge on any atom is -0.378 e. The summed E-state index contributed by atoms with van der Waals surface area (Å²) in [4.78, 5) is 14.3. The number of likely N-dealkylation sites (tertiary alicyclic amines) is 1. The number of rotatable bonds is 6. The van der Waals surface area contributed by atoms with E-state index in [-0.39, 0.29) is 6.03 Å². The largest absolute Gasteiger partial charge is 0.378 e. The second-order valence-corrected chi connectivity index (χ2v) is 6.62. The third kappa shape index (κ3) is 5.97. The van der Waals surface area contributed by atoms with Crippen molar-refractivity contribution in [1.82, 2.24) is 15.5 Å². The summed E-state index contributed by atoms with van der Waals surface area (Å²) in [7, 11) is 0. The Kier molecular flexibility index (Phi) is 7.19. The van der Waals surface area contributed by atoms with Crippen molar-refractivity contribution in [2.75, 3.05) is 32.8 Å². The van der Waals surface area contributed by atoms with Crippen molar-refractivity contribution in [3.8, 4) is 0 Å². The number of hydrogen-bond acceptors (Lipinski definition) is 3. The van der Waals surface area contributed by atoms with E-state index < -0.39 is 0 Å². The zero-order valence-corrected chi connectivity index (χ0v) is 13.9. The van der Waals surface area contributed by atoms with E-state index in [1.165, 1.54) is 0 Å². The smallest absolute Gasteiger partial charge is 0.315 e. The number of hydrogen-bond donors (Lipinski definition) is 2. The number of ether oxygens (including phenoxy) is 1. The minimum absolute atomic E-state index is 0.0118. The minimum atomic E-state index is -0.0118. The average Bonchev–Trinajstić information content (AvgIpc) is 2.50. The molecule has 5 heteroatoms. The fourth-order valence-corrected chi connectivity index (χ4v) is 3.42. The molecule has 2 aliphatic heterocycles. The number of piperidine rings is 1. The van der Waals surface area contributed by atoms with Gasteiger partial charge in [-0.15, -0.1) is 6.58 Å². The first kappa shape index (κ1) is 17.3. The summed E-state index contributed by atoms with van der Waals surface area (Å²) in [6.07, 6.45) is 7.65. The molecule has 2 N–H and O–H groups in total. The van der Waals surface area contributed by atoms with E-state index >= 15 is 0 Å². The average molecular weight is 309 g/mol. The van der Waals surface area contributed by atoms with Crippen LogP contribution in [0.4, 0.5) is 4.79 Å². The Hall–Kier alpha value is -1.07. The first-order valence-electron chi connectivity index (χ1n) is 8.66. The fraction of sp³-hybridized carbons (Fsp3) is 0.824. The maximum Gasteiger partial charge on any atom is 0.315 e. The second-order valence-electron chi connectivity index (χ2n) is 6.62. The highest BCUT2D eigenvalue weighted by molar-refractivity contribution is 5.74. The zero-order chi connectivity index (χ0) is 15.8. The second kappa shape index (κ2) is 9.16. The fourth-order valence-electron chi connectivity index (χ4n) is 3.42. The van der Waals surface area contributed by atoms with Crippen LogP contribution in [0.1, 0.15) is 39.0 Å². The van der Waals surface area contributed by atoms with Crippen molar-refractivity contribution in [2.45, 2.75) is 51.2 Å². The summed E-state index contributed by atoms with van der Waals surface area (Å²) < 4.78 is 5.55. The molecular formula is C17H31N3O2. The molecule has 0 aromatic heterocycles. The van der Waals surface area contributed by atoms with Crippen LogP contribution in [0.15, 0.2) is 12.7 Å². The van der Waals surface area contributed by atoms with Crippen LogP contribution in [0.2, 0.25) is 0 Å². The normalized spacial score (nSPS) is 27.3. The maximum absolute atomic E-state index is 11.9.